The minimum atomic E-state index is -0.0399. The van der Waals surface area contributed by atoms with Crippen LogP contribution in [0.15, 0.2) is 156 Å². The normalized spacial score (nSPS) is 12.9. The zero-order valence-electron chi connectivity index (χ0n) is 23.8. The third kappa shape index (κ3) is 3.07. The average Bonchev–Trinajstić information content (AvgIpc) is 3.65. The van der Waals surface area contributed by atoms with Crippen molar-refractivity contribution < 1.29 is 4.42 Å². The Kier molecular flexibility index (Phi) is 4.80. The topological polar surface area (TPSA) is 21.3 Å². The molecule has 2 aliphatic heterocycles. The Morgan fingerprint density at radius 1 is 0.523 bits per heavy atom. The van der Waals surface area contributed by atoms with Crippen LogP contribution in [0.5, 0.6) is 0 Å². The molecule has 4 heteroatoms. The maximum absolute atomic E-state index is 6.89. The van der Waals surface area contributed by atoms with Crippen molar-refractivity contribution in [3.8, 4) is 28.1 Å². The van der Waals surface area contributed by atoms with Gasteiger partial charge in [0.2, 0.25) is 0 Å². The fourth-order valence-electron chi connectivity index (χ4n) is 7.70. The molecule has 0 atom stereocenters. The van der Waals surface area contributed by atoms with Crippen molar-refractivity contribution in [3.05, 3.63) is 152 Å². The lowest BCUT2D eigenvalue weighted by atomic mass is 9.36. The van der Waals surface area contributed by atoms with Crippen molar-refractivity contribution in [3.63, 3.8) is 0 Å². The predicted octanol–water partition coefficient (Wildman–Crippen LogP) is 8.32. The molecule has 0 N–H and O–H groups in total. The molecule has 4 heterocycles. The smallest absolute Gasteiger partial charge is 0.297 e. The standard InChI is InChI=1S/C40H25BN2O/c1-4-14-26(15-5-1)35-30-21-12-22-31-38(30)43(37(35)27-16-6-2-7-17-27)33-24-13-23-32-36(33)41(31)40-39(29-20-10-11-25-34(29)44-40)42(32)28-18-8-3-9-19-28/h1-25H. The summed E-state index contributed by atoms with van der Waals surface area (Å²) in [6.45, 7) is -0.0399. The first-order valence-corrected chi connectivity index (χ1v) is 15.2. The van der Waals surface area contributed by atoms with E-state index in [9.17, 15) is 0 Å². The molecule has 2 aliphatic rings. The van der Waals surface area contributed by atoms with Gasteiger partial charge in [-0.15, -0.1) is 0 Å². The van der Waals surface area contributed by atoms with Gasteiger partial charge >= 0.3 is 0 Å². The van der Waals surface area contributed by atoms with Gasteiger partial charge < -0.3 is 13.9 Å². The molecule has 44 heavy (non-hydrogen) atoms. The second-order valence-electron chi connectivity index (χ2n) is 11.7. The van der Waals surface area contributed by atoms with Crippen molar-refractivity contribution in [2.75, 3.05) is 4.90 Å². The third-order valence-electron chi connectivity index (χ3n) is 9.37. The summed E-state index contributed by atoms with van der Waals surface area (Å²) in [7, 11) is 0. The van der Waals surface area contributed by atoms with E-state index in [0.717, 1.165) is 28.0 Å². The van der Waals surface area contributed by atoms with Crippen LogP contribution in [0.2, 0.25) is 0 Å². The van der Waals surface area contributed by atoms with Crippen LogP contribution in [0.1, 0.15) is 0 Å². The summed E-state index contributed by atoms with van der Waals surface area (Å²) in [5.74, 6) is 0. The highest BCUT2D eigenvalue weighted by Crippen LogP contribution is 2.47. The quantitative estimate of drug-likeness (QED) is 0.203. The zero-order chi connectivity index (χ0) is 28.8. The lowest BCUT2D eigenvalue weighted by Crippen LogP contribution is -2.60. The van der Waals surface area contributed by atoms with Crippen molar-refractivity contribution in [2.45, 2.75) is 0 Å². The molecule has 3 nitrogen and oxygen atoms in total. The number of furan rings is 1. The van der Waals surface area contributed by atoms with Crippen LogP contribution in [0.4, 0.5) is 17.1 Å². The number of hydrogen-bond acceptors (Lipinski definition) is 2. The van der Waals surface area contributed by atoms with E-state index in [1.807, 2.05) is 0 Å². The lowest BCUT2D eigenvalue weighted by molar-refractivity contribution is 0.651. The van der Waals surface area contributed by atoms with E-state index in [1.54, 1.807) is 0 Å². The summed E-state index contributed by atoms with van der Waals surface area (Å²) in [4.78, 5) is 2.41. The van der Waals surface area contributed by atoms with E-state index in [0.29, 0.717) is 0 Å². The highest BCUT2D eigenvalue weighted by atomic mass is 16.3. The molecule has 0 saturated heterocycles. The molecule has 10 rings (SSSR count). The van der Waals surface area contributed by atoms with Crippen LogP contribution in [0.25, 0.3) is 49.9 Å². The Balaban J connectivity index is 1.40. The Bertz CT molecular complexity index is 2390. The second kappa shape index (κ2) is 8.89. The van der Waals surface area contributed by atoms with Gasteiger partial charge in [-0.1, -0.05) is 115 Å². The molecule has 0 bridgehead atoms. The molecule has 0 saturated carbocycles. The molecule has 0 amide bonds. The molecule has 0 fully saturated rings. The molecular weight excluding hydrogens is 535 g/mol. The van der Waals surface area contributed by atoms with Crippen LogP contribution in [0.3, 0.4) is 0 Å². The molecule has 0 radical (unpaired) electrons. The van der Waals surface area contributed by atoms with Gasteiger partial charge in [-0.25, -0.2) is 0 Å². The van der Waals surface area contributed by atoms with Gasteiger partial charge in [0.1, 0.15) is 5.58 Å². The number of benzene rings is 6. The number of hydrogen-bond donors (Lipinski definition) is 0. The number of anilines is 3. The first-order valence-electron chi connectivity index (χ1n) is 15.2. The summed E-state index contributed by atoms with van der Waals surface area (Å²) in [6.07, 6.45) is 0. The summed E-state index contributed by atoms with van der Waals surface area (Å²) in [6, 6.07) is 54.4. The number of fused-ring (bicyclic) bond motifs is 6. The maximum Gasteiger partial charge on any atom is 0.297 e. The van der Waals surface area contributed by atoms with Gasteiger partial charge in [-0.05, 0) is 58.5 Å². The summed E-state index contributed by atoms with van der Waals surface area (Å²) in [5, 5.41) is 2.39. The van der Waals surface area contributed by atoms with E-state index in [4.69, 9.17) is 4.42 Å². The minimum Gasteiger partial charge on any atom is -0.468 e. The van der Waals surface area contributed by atoms with Crippen LogP contribution in [-0.4, -0.2) is 11.3 Å². The molecule has 2 aromatic heterocycles. The first-order chi connectivity index (χ1) is 21.9. The largest absolute Gasteiger partial charge is 0.468 e. The zero-order valence-corrected chi connectivity index (χ0v) is 23.8. The Labute approximate surface area is 255 Å². The number of rotatable bonds is 3. The summed E-state index contributed by atoms with van der Waals surface area (Å²) < 4.78 is 9.42. The Morgan fingerprint density at radius 2 is 1.16 bits per heavy atom. The van der Waals surface area contributed by atoms with E-state index in [-0.39, 0.29) is 6.71 Å². The SMILES string of the molecule is c1ccc(-c2c(-c3ccccc3)n3c4c(cccc24)B2c4oc5ccccc5c4N(c4ccccc4)c4cccc-3c42)cc1. The van der Waals surface area contributed by atoms with E-state index >= 15 is 0 Å². The number of para-hydroxylation sites is 3. The number of aromatic nitrogens is 1. The molecule has 8 aromatic rings. The Morgan fingerprint density at radius 3 is 1.95 bits per heavy atom. The van der Waals surface area contributed by atoms with Gasteiger partial charge in [0.15, 0.2) is 0 Å². The highest BCUT2D eigenvalue weighted by molar-refractivity contribution is 6.99. The summed E-state index contributed by atoms with van der Waals surface area (Å²) in [5.41, 5.74) is 15.2. The first kappa shape index (κ1) is 23.8. The van der Waals surface area contributed by atoms with E-state index < -0.39 is 0 Å². The molecule has 0 spiro atoms. The van der Waals surface area contributed by atoms with Gasteiger partial charge in [-0.3, -0.25) is 0 Å². The van der Waals surface area contributed by atoms with Crippen LogP contribution in [-0.2, 0) is 0 Å². The van der Waals surface area contributed by atoms with Gasteiger partial charge in [0, 0.05) is 38.9 Å². The van der Waals surface area contributed by atoms with Crippen molar-refractivity contribution in [2.24, 2.45) is 0 Å². The van der Waals surface area contributed by atoms with Crippen LogP contribution in [0, 0.1) is 0 Å². The van der Waals surface area contributed by atoms with Crippen molar-refractivity contribution >= 4 is 62.2 Å². The highest BCUT2D eigenvalue weighted by Gasteiger charge is 2.45. The molecule has 0 unspecified atom stereocenters. The fourth-order valence-corrected chi connectivity index (χ4v) is 7.70. The second-order valence-corrected chi connectivity index (χ2v) is 11.7. The van der Waals surface area contributed by atoms with Crippen molar-refractivity contribution in [1.82, 2.24) is 4.57 Å². The Hall–Kier alpha value is -5.74. The molecule has 6 aromatic carbocycles. The maximum atomic E-state index is 6.89. The van der Waals surface area contributed by atoms with Crippen molar-refractivity contribution in [1.29, 1.82) is 0 Å². The monoisotopic (exact) mass is 560 g/mol. The minimum absolute atomic E-state index is 0.0399. The van der Waals surface area contributed by atoms with E-state index in [2.05, 4.69) is 161 Å². The molecular formula is C40H25BN2O. The van der Waals surface area contributed by atoms with Crippen LogP contribution >= 0.6 is 0 Å². The average molecular weight is 560 g/mol. The molecule has 204 valence electrons. The number of nitrogens with zero attached hydrogens (tertiary/aromatic N) is 2. The van der Waals surface area contributed by atoms with E-state index in [1.165, 1.54) is 55.6 Å². The van der Waals surface area contributed by atoms with Crippen LogP contribution < -0.4 is 21.5 Å². The fraction of sp³-hybridized carbons (Fsp3) is 0. The molecule has 0 aliphatic carbocycles. The predicted molar refractivity (Wildman–Crippen MR) is 183 cm³/mol. The van der Waals surface area contributed by atoms with Gasteiger partial charge in [0.05, 0.1) is 17.0 Å². The summed E-state index contributed by atoms with van der Waals surface area (Å²) >= 11 is 0. The van der Waals surface area contributed by atoms with Gasteiger partial charge in [0.25, 0.3) is 6.71 Å². The third-order valence-corrected chi connectivity index (χ3v) is 9.37. The lowest BCUT2D eigenvalue weighted by Gasteiger charge is -2.38. The van der Waals surface area contributed by atoms with Gasteiger partial charge in [-0.2, -0.15) is 0 Å².